The van der Waals surface area contributed by atoms with Gasteiger partial charge in [0.1, 0.15) is 6.54 Å². The number of carbonyl (C=O) groups excluding carboxylic acids is 1. The van der Waals surface area contributed by atoms with Crippen LogP contribution in [-0.4, -0.2) is 43.2 Å². The zero-order chi connectivity index (χ0) is 13.5. The third-order valence-corrected chi connectivity index (χ3v) is 1.76. The lowest BCUT2D eigenvalue weighted by atomic mass is 10.2. The van der Waals surface area contributed by atoms with Crippen molar-refractivity contribution in [3.05, 3.63) is 0 Å². The van der Waals surface area contributed by atoms with Gasteiger partial charge in [-0.05, 0) is 5.92 Å². The highest BCUT2D eigenvalue weighted by Gasteiger charge is 2.31. The predicted octanol–water partition coefficient (Wildman–Crippen LogP) is 1.15. The largest absolute Gasteiger partial charge is 0.401 e. The summed E-state index contributed by atoms with van der Waals surface area (Å²) in [5.41, 5.74) is 0. The first-order chi connectivity index (χ1) is 7.74. The topological polar surface area (TPSA) is 56.1 Å². The molecule has 98 valence electrons. The summed E-state index contributed by atoms with van der Waals surface area (Å²) in [5.74, 6) is -0.544. The average molecular weight is 251 g/mol. The number of halogens is 3. The molecule has 1 amide bonds. The van der Waals surface area contributed by atoms with Gasteiger partial charge in [-0.2, -0.15) is 18.4 Å². The van der Waals surface area contributed by atoms with Crippen LogP contribution >= 0.6 is 0 Å². The number of hydrogen-bond acceptors (Lipinski definition) is 3. The summed E-state index contributed by atoms with van der Waals surface area (Å²) in [6.45, 7) is 2.07. The summed E-state index contributed by atoms with van der Waals surface area (Å²) >= 11 is 0. The molecular weight excluding hydrogens is 235 g/mol. The van der Waals surface area contributed by atoms with Crippen molar-refractivity contribution in [3.8, 4) is 6.07 Å². The van der Waals surface area contributed by atoms with E-state index in [9.17, 15) is 18.0 Å². The van der Waals surface area contributed by atoms with Gasteiger partial charge in [0.25, 0.3) is 0 Å². The molecule has 0 aliphatic carbocycles. The highest BCUT2D eigenvalue weighted by Crippen LogP contribution is 2.17. The third-order valence-electron chi connectivity index (χ3n) is 1.76. The molecule has 0 rings (SSSR count). The second-order valence-electron chi connectivity index (χ2n) is 4.11. The van der Waals surface area contributed by atoms with Crippen LogP contribution in [0.25, 0.3) is 0 Å². The number of nitrogens with zero attached hydrogens (tertiary/aromatic N) is 2. The molecule has 0 spiro atoms. The van der Waals surface area contributed by atoms with Gasteiger partial charge >= 0.3 is 6.18 Å². The second kappa shape index (κ2) is 7.12. The van der Waals surface area contributed by atoms with Gasteiger partial charge in [0.15, 0.2) is 0 Å². The lowest BCUT2D eigenvalue weighted by Gasteiger charge is -2.24. The van der Waals surface area contributed by atoms with Gasteiger partial charge < -0.3 is 5.32 Å². The Morgan fingerprint density at radius 1 is 1.47 bits per heavy atom. The van der Waals surface area contributed by atoms with Crippen molar-refractivity contribution in [1.82, 2.24) is 10.2 Å². The summed E-state index contributed by atoms with van der Waals surface area (Å²) in [6, 6.07) is 1.69. The molecule has 0 heterocycles. The molecule has 0 bridgehead atoms. The van der Waals surface area contributed by atoms with Gasteiger partial charge in [-0.15, -0.1) is 0 Å². The fraction of sp³-hybridized carbons (Fsp3) is 0.800. The van der Waals surface area contributed by atoms with Gasteiger partial charge in [-0.3, -0.25) is 9.69 Å². The van der Waals surface area contributed by atoms with Crippen molar-refractivity contribution >= 4 is 5.91 Å². The van der Waals surface area contributed by atoms with Gasteiger partial charge in [0.05, 0.1) is 19.2 Å². The summed E-state index contributed by atoms with van der Waals surface area (Å²) in [7, 11) is 0. The quantitative estimate of drug-likeness (QED) is 0.720. The maximum atomic E-state index is 12.2. The smallest absolute Gasteiger partial charge is 0.342 e. The van der Waals surface area contributed by atoms with Crippen molar-refractivity contribution in [3.63, 3.8) is 0 Å². The van der Waals surface area contributed by atoms with Crippen molar-refractivity contribution < 1.29 is 18.0 Å². The number of rotatable bonds is 6. The minimum atomic E-state index is -4.33. The Morgan fingerprint density at radius 2 is 2.06 bits per heavy atom. The maximum absolute atomic E-state index is 12.2. The van der Waals surface area contributed by atoms with E-state index in [2.05, 4.69) is 5.32 Å². The number of carbonyl (C=O) groups is 1. The number of nitriles is 1. The van der Waals surface area contributed by atoms with E-state index in [1.807, 2.05) is 0 Å². The second-order valence-corrected chi connectivity index (χ2v) is 4.11. The lowest BCUT2D eigenvalue weighted by molar-refractivity contribution is -0.149. The molecule has 0 aromatic carbocycles. The molecule has 7 heteroatoms. The monoisotopic (exact) mass is 251 g/mol. The van der Waals surface area contributed by atoms with Gasteiger partial charge in [-0.1, -0.05) is 13.8 Å². The minimum absolute atomic E-state index is 0.0288. The van der Waals surface area contributed by atoms with E-state index in [-0.39, 0.29) is 25.6 Å². The van der Waals surface area contributed by atoms with E-state index in [1.54, 1.807) is 19.9 Å². The van der Waals surface area contributed by atoms with Crippen molar-refractivity contribution in [2.45, 2.75) is 20.0 Å². The van der Waals surface area contributed by atoms with Crippen LogP contribution in [-0.2, 0) is 4.79 Å². The van der Waals surface area contributed by atoms with Crippen LogP contribution in [0.15, 0.2) is 0 Å². The van der Waals surface area contributed by atoms with Gasteiger partial charge in [0.2, 0.25) is 5.91 Å². The summed E-state index contributed by atoms with van der Waals surface area (Å²) in [5, 5.41) is 10.4. The molecule has 4 nitrogen and oxygen atoms in total. The molecule has 0 aromatic rings. The Bertz CT molecular complexity index is 284. The van der Waals surface area contributed by atoms with E-state index in [0.29, 0.717) is 0 Å². The zero-order valence-corrected chi connectivity index (χ0v) is 9.84. The summed E-state index contributed by atoms with van der Waals surface area (Å²) in [4.78, 5) is 12.2. The van der Waals surface area contributed by atoms with Crippen LogP contribution in [0.2, 0.25) is 0 Å². The van der Waals surface area contributed by atoms with E-state index in [1.165, 1.54) is 0 Å². The van der Waals surface area contributed by atoms with Crippen molar-refractivity contribution in [2.75, 3.05) is 26.2 Å². The molecule has 0 saturated heterocycles. The van der Waals surface area contributed by atoms with Crippen LogP contribution in [0.1, 0.15) is 13.8 Å². The summed E-state index contributed by atoms with van der Waals surface area (Å²) in [6.07, 6.45) is -4.33. The maximum Gasteiger partial charge on any atom is 0.401 e. The third kappa shape index (κ3) is 9.63. The SMILES string of the molecule is CC(C)CN(CC(=O)NCC#N)CC(F)(F)F. The van der Waals surface area contributed by atoms with Crippen molar-refractivity contribution in [2.24, 2.45) is 5.92 Å². The first kappa shape index (κ1) is 15.7. The minimum Gasteiger partial charge on any atom is -0.342 e. The molecule has 0 aliphatic rings. The average Bonchev–Trinajstić information content (AvgIpc) is 2.10. The lowest BCUT2D eigenvalue weighted by Crippen LogP contribution is -2.43. The van der Waals surface area contributed by atoms with Crippen LogP contribution in [0.3, 0.4) is 0 Å². The van der Waals surface area contributed by atoms with E-state index in [4.69, 9.17) is 5.26 Å². The van der Waals surface area contributed by atoms with E-state index < -0.39 is 18.6 Å². The Kier molecular flexibility index (Phi) is 6.58. The number of hydrogen-bond donors (Lipinski definition) is 1. The fourth-order valence-electron chi connectivity index (χ4n) is 1.35. The van der Waals surface area contributed by atoms with Crippen molar-refractivity contribution in [1.29, 1.82) is 5.26 Å². The number of alkyl halides is 3. The Balaban J connectivity index is 4.29. The van der Waals surface area contributed by atoms with Gasteiger partial charge in [0, 0.05) is 6.54 Å². The fourth-order valence-corrected chi connectivity index (χ4v) is 1.35. The molecule has 1 N–H and O–H groups in total. The van der Waals surface area contributed by atoms with Crippen LogP contribution < -0.4 is 5.32 Å². The highest BCUT2D eigenvalue weighted by atomic mass is 19.4. The number of nitrogens with one attached hydrogen (secondary N) is 1. The van der Waals surface area contributed by atoms with E-state index in [0.717, 1.165) is 4.90 Å². The molecule has 0 aromatic heterocycles. The van der Waals surface area contributed by atoms with Crippen LogP contribution in [0, 0.1) is 17.2 Å². The zero-order valence-electron chi connectivity index (χ0n) is 9.84. The normalized spacial score (nSPS) is 11.6. The van der Waals surface area contributed by atoms with Crippen LogP contribution in [0.5, 0.6) is 0 Å². The molecule has 0 atom stereocenters. The van der Waals surface area contributed by atoms with Crippen LogP contribution in [0.4, 0.5) is 13.2 Å². The Morgan fingerprint density at radius 3 is 2.47 bits per heavy atom. The highest BCUT2D eigenvalue weighted by molar-refractivity contribution is 5.78. The molecule has 0 aliphatic heterocycles. The molecule has 0 fully saturated rings. The summed E-state index contributed by atoms with van der Waals surface area (Å²) < 4.78 is 36.7. The first-order valence-corrected chi connectivity index (χ1v) is 5.17. The molecule has 0 saturated carbocycles. The first-order valence-electron chi connectivity index (χ1n) is 5.17. The predicted molar refractivity (Wildman–Crippen MR) is 56.0 cm³/mol. The molecular formula is C10H16F3N3O. The molecule has 0 unspecified atom stereocenters. The Labute approximate surface area is 98.4 Å². The Hall–Kier alpha value is -1.29. The van der Waals surface area contributed by atoms with Gasteiger partial charge in [-0.25, -0.2) is 0 Å². The standard InChI is InChI=1S/C10H16F3N3O/c1-8(2)5-16(7-10(11,12)13)6-9(17)15-4-3-14/h8H,4-7H2,1-2H3,(H,15,17). The molecule has 0 radical (unpaired) electrons. The molecule has 17 heavy (non-hydrogen) atoms. The number of amides is 1. The van der Waals surface area contributed by atoms with E-state index >= 15 is 0 Å².